The van der Waals surface area contributed by atoms with E-state index in [0.717, 1.165) is 30.3 Å². The Balaban J connectivity index is 2.41. The molecule has 0 saturated heterocycles. The molecule has 38 heavy (non-hydrogen) atoms. The number of nitrogens with one attached hydrogen (secondary N) is 1. The summed E-state index contributed by atoms with van der Waals surface area (Å²) >= 11 is 17.4. The van der Waals surface area contributed by atoms with Crippen molar-refractivity contribution in [3.8, 4) is 0 Å². The van der Waals surface area contributed by atoms with Gasteiger partial charge in [0, 0.05) is 11.8 Å². The first-order valence-electron chi connectivity index (χ1n) is 11.0. The van der Waals surface area contributed by atoms with Crippen LogP contribution in [0.3, 0.4) is 0 Å². The van der Waals surface area contributed by atoms with Crippen LogP contribution in [-0.2, 0) is 16.0 Å². The predicted octanol–water partition coefficient (Wildman–Crippen LogP) is 7.97. The van der Waals surface area contributed by atoms with Gasteiger partial charge in [-0.1, -0.05) is 59.9 Å². The summed E-state index contributed by atoms with van der Waals surface area (Å²) < 4.78 is 106. The highest BCUT2D eigenvalue weighted by Gasteiger charge is 2.40. The molecule has 2 unspecified atom stereocenters. The first-order chi connectivity index (χ1) is 17.4. The van der Waals surface area contributed by atoms with Gasteiger partial charge >= 0.3 is 12.4 Å². The van der Waals surface area contributed by atoms with Crippen molar-refractivity contribution in [2.45, 2.75) is 44.6 Å². The maximum absolute atomic E-state index is 13.8. The maximum Gasteiger partial charge on any atom is 0.417 e. The van der Waals surface area contributed by atoms with Crippen LogP contribution >= 0.6 is 34.8 Å². The summed E-state index contributed by atoms with van der Waals surface area (Å²) in [7, 11) is -3.52. The zero-order chi connectivity index (χ0) is 29.1. The number of carbonyl (C=O) groups excluding carboxylic acids is 1. The lowest BCUT2D eigenvalue weighted by molar-refractivity contribution is -0.139. The van der Waals surface area contributed by atoms with Gasteiger partial charge in [0.15, 0.2) is 9.84 Å². The number of carbonyl (C=O) groups is 1. The van der Waals surface area contributed by atoms with E-state index >= 15 is 0 Å². The van der Waals surface area contributed by atoms with E-state index in [1.807, 2.05) is 0 Å². The molecule has 0 radical (unpaired) electrons. The summed E-state index contributed by atoms with van der Waals surface area (Å²) in [5.74, 6) is -4.06. The summed E-state index contributed by atoms with van der Waals surface area (Å²) in [6.45, 7) is 2.98. The fourth-order valence-corrected chi connectivity index (χ4v) is 5.83. The van der Waals surface area contributed by atoms with E-state index in [4.69, 9.17) is 34.8 Å². The topological polar surface area (TPSA) is 63.2 Å². The zero-order valence-corrected chi connectivity index (χ0v) is 22.9. The fourth-order valence-electron chi connectivity index (χ4n) is 3.59. The van der Waals surface area contributed by atoms with Gasteiger partial charge in [0.2, 0.25) is 0 Å². The molecule has 2 aromatic rings. The number of rotatable bonds is 9. The Kier molecular flexibility index (Phi) is 10.6. The van der Waals surface area contributed by atoms with Crippen LogP contribution < -0.4 is 5.32 Å². The maximum atomic E-state index is 13.8. The third-order valence-corrected chi connectivity index (χ3v) is 8.42. The van der Waals surface area contributed by atoms with Crippen molar-refractivity contribution in [1.29, 1.82) is 0 Å². The molecule has 0 saturated carbocycles. The van der Waals surface area contributed by atoms with E-state index in [1.54, 1.807) is 6.92 Å². The Morgan fingerprint density at radius 1 is 1.03 bits per heavy atom. The average molecular weight is 625 g/mol. The number of amides is 1. The highest BCUT2D eigenvalue weighted by molar-refractivity contribution is 7.91. The molecule has 2 atom stereocenters. The van der Waals surface area contributed by atoms with Gasteiger partial charge in [0.25, 0.3) is 5.91 Å². The van der Waals surface area contributed by atoms with Gasteiger partial charge in [-0.3, -0.25) is 4.79 Å². The van der Waals surface area contributed by atoms with E-state index in [9.17, 15) is 39.6 Å². The molecular formula is C24H22Cl3F6NO3S. The van der Waals surface area contributed by atoms with E-state index in [2.05, 4.69) is 5.32 Å². The van der Waals surface area contributed by atoms with Gasteiger partial charge in [-0.05, 0) is 48.7 Å². The van der Waals surface area contributed by atoms with Crippen LogP contribution in [0.4, 0.5) is 26.3 Å². The average Bonchev–Trinajstić information content (AvgIpc) is 2.75. The minimum absolute atomic E-state index is 0.143. The van der Waals surface area contributed by atoms with E-state index in [-0.39, 0.29) is 31.9 Å². The SMILES string of the molecule is CCCS(=O)(=O)CC(C)NC(=O)c1ccc(/C=C/C(c2cc(Cl)c(Cl)c(Cl)c2)C(F)(F)F)cc1C(F)(F)F. The number of sulfone groups is 1. The molecule has 1 amide bonds. The molecule has 1 N–H and O–H groups in total. The molecule has 0 bridgehead atoms. The number of allylic oxidation sites excluding steroid dienone is 1. The van der Waals surface area contributed by atoms with Crippen LogP contribution in [0.15, 0.2) is 36.4 Å². The van der Waals surface area contributed by atoms with Crippen LogP contribution in [0.5, 0.6) is 0 Å². The van der Waals surface area contributed by atoms with E-state index in [0.29, 0.717) is 18.6 Å². The lowest BCUT2D eigenvalue weighted by Crippen LogP contribution is -2.38. The Labute approximate surface area is 230 Å². The van der Waals surface area contributed by atoms with Crippen LogP contribution in [0.2, 0.25) is 15.1 Å². The van der Waals surface area contributed by atoms with Crippen molar-refractivity contribution in [3.63, 3.8) is 0 Å². The smallest absolute Gasteiger partial charge is 0.349 e. The van der Waals surface area contributed by atoms with Crippen LogP contribution in [-0.4, -0.2) is 38.0 Å². The van der Waals surface area contributed by atoms with Crippen LogP contribution in [0.25, 0.3) is 6.08 Å². The summed E-state index contributed by atoms with van der Waals surface area (Å²) in [5.41, 5.74) is -2.86. The number of benzene rings is 2. The minimum atomic E-state index is -5.03. The van der Waals surface area contributed by atoms with Crippen molar-refractivity contribution in [2.75, 3.05) is 11.5 Å². The largest absolute Gasteiger partial charge is 0.417 e. The molecule has 2 rings (SSSR count). The van der Waals surface area contributed by atoms with Gasteiger partial charge in [0.05, 0.1) is 37.9 Å². The van der Waals surface area contributed by atoms with Gasteiger partial charge < -0.3 is 5.32 Å². The molecule has 210 valence electrons. The lowest BCUT2D eigenvalue weighted by Gasteiger charge is -2.19. The molecule has 0 aromatic heterocycles. The molecule has 4 nitrogen and oxygen atoms in total. The second-order valence-corrected chi connectivity index (χ2v) is 11.9. The first kappa shape index (κ1) is 32.3. The molecule has 0 fully saturated rings. The summed E-state index contributed by atoms with van der Waals surface area (Å²) in [5, 5.41) is 1.61. The third-order valence-electron chi connectivity index (χ3n) is 5.19. The fraction of sp³-hybridized carbons (Fsp3) is 0.375. The highest BCUT2D eigenvalue weighted by Crippen LogP contribution is 2.41. The second kappa shape index (κ2) is 12.5. The normalized spacial score (nSPS) is 14.5. The summed E-state index contributed by atoms with van der Waals surface area (Å²) in [4.78, 5) is 12.5. The Morgan fingerprint density at radius 2 is 1.61 bits per heavy atom. The van der Waals surface area contributed by atoms with Crippen molar-refractivity contribution >= 4 is 56.6 Å². The number of hydrogen-bond acceptors (Lipinski definition) is 3. The highest BCUT2D eigenvalue weighted by atomic mass is 35.5. The van der Waals surface area contributed by atoms with Gasteiger partial charge in [-0.2, -0.15) is 26.3 Å². The summed E-state index contributed by atoms with van der Waals surface area (Å²) in [6.07, 6.45) is -8.09. The molecule has 14 heteroatoms. The van der Waals surface area contributed by atoms with Crippen LogP contribution in [0, 0.1) is 0 Å². The van der Waals surface area contributed by atoms with Crippen LogP contribution in [0.1, 0.15) is 53.2 Å². The molecule has 0 aliphatic rings. The van der Waals surface area contributed by atoms with E-state index < -0.39 is 56.9 Å². The molecule has 0 spiro atoms. The van der Waals surface area contributed by atoms with Gasteiger partial charge in [-0.25, -0.2) is 8.42 Å². The van der Waals surface area contributed by atoms with Crippen molar-refractivity contribution in [2.24, 2.45) is 0 Å². The standard InChI is InChI=1S/C24H22Cl3F6NO3S/c1-3-8-38(36,37)12-13(2)34-22(35)16-6-4-14(9-18(16)24(31,32)33)5-7-17(23(28,29)30)15-10-19(25)21(27)20(26)11-15/h4-7,9-11,13,17H,3,8,12H2,1-2H3,(H,34,35)/b7-5+. The molecular weight excluding hydrogens is 603 g/mol. The Hall–Kier alpha value is -1.95. The monoisotopic (exact) mass is 623 g/mol. The molecule has 2 aromatic carbocycles. The van der Waals surface area contributed by atoms with Crippen molar-refractivity contribution < 1.29 is 39.6 Å². The Bertz CT molecular complexity index is 1290. The number of hydrogen-bond donors (Lipinski definition) is 1. The van der Waals surface area contributed by atoms with Crippen molar-refractivity contribution in [1.82, 2.24) is 5.32 Å². The van der Waals surface area contributed by atoms with Crippen molar-refractivity contribution in [3.05, 3.63) is 73.7 Å². The van der Waals surface area contributed by atoms with Gasteiger partial charge in [-0.15, -0.1) is 0 Å². The second-order valence-electron chi connectivity index (χ2n) is 8.47. The van der Waals surface area contributed by atoms with E-state index in [1.165, 1.54) is 6.92 Å². The third kappa shape index (κ3) is 8.79. The lowest BCUT2D eigenvalue weighted by atomic mass is 9.96. The zero-order valence-electron chi connectivity index (χ0n) is 19.9. The quantitative estimate of drug-likeness (QED) is 0.227. The molecule has 0 aliphatic carbocycles. The molecule has 0 aliphatic heterocycles. The molecule has 0 heterocycles. The number of alkyl halides is 6. The number of halogens is 9. The Morgan fingerprint density at radius 3 is 2.11 bits per heavy atom. The van der Waals surface area contributed by atoms with Gasteiger partial charge in [0.1, 0.15) is 0 Å². The summed E-state index contributed by atoms with van der Waals surface area (Å²) in [6, 6.07) is 3.30. The predicted molar refractivity (Wildman–Crippen MR) is 137 cm³/mol. The minimum Gasteiger partial charge on any atom is -0.349 e. The first-order valence-corrected chi connectivity index (χ1v) is 13.9.